The van der Waals surface area contributed by atoms with Gasteiger partial charge in [0.05, 0.1) is 18.9 Å². The lowest BCUT2D eigenvalue weighted by Gasteiger charge is -2.01. The van der Waals surface area contributed by atoms with Crippen LogP contribution in [0.4, 0.5) is 0 Å². The molecule has 0 fully saturated rings. The van der Waals surface area contributed by atoms with E-state index in [-0.39, 0.29) is 0 Å². The van der Waals surface area contributed by atoms with Crippen LogP contribution in [0, 0.1) is 0 Å². The van der Waals surface area contributed by atoms with Crippen LogP contribution in [-0.4, -0.2) is 14.2 Å². The normalized spacial score (nSPS) is 10.5. The van der Waals surface area contributed by atoms with E-state index in [9.17, 15) is 0 Å². The fourth-order valence-electron chi connectivity index (χ4n) is 1.33. The van der Waals surface area contributed by atoms with E-state index in [2.05, 4.69) is 12.6 Å². The van der Waals surface area contributed by atoms with Gasteiger partial charge in [-0.15, -0.1) is 12.6 Å². The molecule has 1 aromatic heterocycles. The number of thiophene rings is 1. The largest absolute Gasteiger partial charge is 0.495 e. The van der Waals surface area contributed by atoms with Crippen LogP contribution in [0.2, 0.25) is 0 Å². The second-order valence-corrected chi connectivity index (χ2v) is 4.37. The lowest BCUT2D eigenvalue weighted by atomic mass is 10.2. The van der Waals surface area contributed by atoms with Crippen LogP contribution < -0.4 is 9.47 Å². The maximum absolute atomic E-state index is 5.27. The third-order valence-corrected chi connectivity index (χ3v) is 3.35. The fourth-order valence-corrected chi connectivity index (χ4v) is 2.54. The van der Waals surface area contributed by atoms with E-state index in [1.165, 1.54) is 0 Å². The Balaban J connectivity index is 2.71. The van der Waals surface area contributed by atoms with Gasteiger partial charge in [-0.25, -0.2) is 0 Å². The summed E-state index contributed by atoms with van der Waals surface area (Å²) in [5.74, 6) is 0.848. The van der Waals surface area contributed by atoms with Crippen LogP contribution in [0.25, 0.3) is 10.1 Å². The molecule has 2 nitrogen and oxygen atoms in total. The van der Waals surface area contributed by atoms with Gasteiger partial charge in [-0.05, 0) is 18.2 Å². The van der Waals surface area contributed by atoms with Crippen molar-refractivity contribution < 1.29 is 9.47 Å². The predicted molar refractivity (Wildman–Crippen MR) is 62.2 cm³/mol. The zero-order valence-corrected chi connectivity index (χ0v) is 9.61. The van der Waals surface area contributed by atoms with Crippen molar-refractivity contribution in [2.75, 3.05) is 14.2 Å². The van der Waals surface area contributed by atoms with Gasteiger partial charge in [0.15, 0.2) is 5.06 Å². The van der Waals surface area contributed by atoms with Crippen molar-refractivity contribution in [2.24, 2.45) is 0 Å². The SMILES string of the molecule is COc1cc2cc(S)cc(OC)c2s1. The molecule has 0 saturated heterocycles. The van der Waals surface area contributed by atoms with Crippen molar-refractivity contribution in [2.45, 2.75) is 4.90 Å². The smallest absolute Gasteiger partial charge is 0.174 e. The minimum absolute atomic E-state index is 0.848. The number of ether oxygens (including phenoxy) is 2. The van der Waals surface area contributed by atoms with E-state index >= 15 is 0 Å². The number of rotatable bonds is 2. The highest BCUT2D eigenvalue weighted by atomic mass is 32.1. The summed E-state index contributed by atoms with van der Waals surface area (Å²) in [6, 6.07) is 5.89. The first-order chi connectivity index (χ1) is 6.74. The molecule has 0 radical (unpaired) electrons. The zero-order valence-electron chi connectivity index (χ0n) is 7.90. The molecule has 0 unspecified atom stereocenters. The van der Waals surface area contributed by atoms with Crippen LogP contribution in [0.5, 0.6) is 10.8 Å². The van der Waals surface area contributed by atoms with Gasteiger partial charge in [0.2, 0.25) is 0 Å². The van der Waals surface area contributed by atoms with Crippen LogP contribution in [0.3, 0.4) is 0 Å². The fraction of sp³-hybridized carbons (Fsp3) is 0.200. The minimum atomic E-state index is 0.848. The number of methoxy groups -OCH3 is 2. The van der Waals surface area contributed by atoms with E-state index < -0.39 is 0 Å². The van der Waals surface area contributed by atoms with Crippen LogP contribution in [0.15, 0.2) is 23.1 Å². The van der Waals surface area contributed by atoms with Crippen molar-refractivity contribution in [1.29, 1.82) is 0 Å². The minimum Gasteiger partial charge on any atom is -0.495 e. The van der Waals surface area contributed by atoms with Gasteiger partial charge in [0.25, 0.3) is 0 Å². The van der Waals surface area contributed by atoms with Gasteiger partial charge in [-0.2, -0.15) is 0 Å². The molecule has 0 saturated carbocycles. The summed E-state index contributed by atoms with van der Waals surface area (Å²) in [6.07, 6.45) is 0. The molecule has 0 aliphatic carbocycles. The van der Waals surface area contributed by atoms with Gasteiger partial charge >= 0.3 is 0 Å². The van der Waals surface area contributed by atoms with Crippen LogP contribution in [-0.2, 0) is 0 Å². The molecular formula is C10H10O2S2. The summed E-state index contributed by atoms with van der Waals surface area (Å²) in [6.45, 7) is 0. The average Bonchev–Trinajstić information content (AvgIpc) is 2.59. The Labute approximate surface area is 91.9 Å². The van der Waals surface area contributed by atoms with Gasteiger partial charge in [-0.3, -0.25) is 0 Å². The highest BCUT2D eigenvalue weighted by Gasteiger charge is 2.08. The highest BCUT2D eigenvalue weighted by molar-refractivity contribution is 7.80. The predicted octanol–water partition coefficient (Wildman–Crippen LogP) is 3.21. The average molecular weight is 226 g/mol. The van der Waals surface area contributed by atoms with E-state index in [4.69, 9.17) is 9.47 Å². The summed E-state index contributed by atoms with van der Waals surface area (Å²) in [4.78, 5) is 0.898. The summed E-state index contributed by atoms with van der Waals surface area (Å²) in [7, 11) is 3.33. The van der Waals surface area contributed by atoms with E-state index in [1.54, 1.807) is 25.6 Å². The Kier molecular flexibility index (Phi) is 2.56. The second kappa shape index (κ2) is 3.71. The van der Waals surface area contributed by atoms with Crippen LogP contribution >= 0.6 is 24.0 Å². The molecule has 0 aliphatic rings. The van der Waals surface area contributed by atoms with Crippen molar-refractivity contribution in [3.8, 4) is 10.8 Å². The van der Waals surface area contributed by atoms with Gasteiger partial charge in [-0.1, -0.05) is 11.3 Å². The number of hydrogen-bond donors (Lipinski definition) is 1. The van der Waals surface area contributed by atoms with E-state index in [0.717, 1.165) is 25.8 Å². The van der Waals surface area contributed by atoms with Crippen molar-refractivity contribution in [1.82, 2.24) is 0 Å². The maximum atomic E-state index is 5.27. The van der Waals surface area contributed by atoms with Gasteiger partial charge < -0.3 is 9.47 Å². The number of hydrogen-bond acceptors (Lipinski definition) is 4. The summed E-state index contributed by atoms with van der Waals surface area (Å²) < 4.78 is 11.5. The topological polar surface area (TPSA) is 18.5 Å². The molecule has 0 atom stereocenters. The van der Waals surface area contributed by atoms with Gasteiger partial charge in [0.1, 0.15) is 5.75 Å². The molecule has 0 N–H and O–H groups in total. The first kappa shape index (κ1) is 9.68. The van der Waals surface area contributed by atoms with Crippen molar-refractivity contribution in [3.05, 3.63) is 18.2 Å². The second-order valence-electron chi connectivity index (χ2n) is 2.84. The molecular weight excluding hydrogens is 216 g/mol. The molecule has 0 spiro atoms. The summed E-state index contributed by atoms with van der Waals surface area (Å²) in [5.41, 5.74) is 0. The standard InChI is InChI=1S/C10H10O2S2/c1-11-8-5-7(13)3-6-4-9(12-2)14-10(6)8/h3-5,13H,1-2H3. The quantitative estimate of drug-likeness (QED) is 0.793. The Morgan fingerprint density at radius 2 is 1.93 bits per heavy atom. The lowest BCUT2D eigenvalue weighted by molar-refractivity contribution is 0.419. The Morgan fingerprint density at radius 1 is 1.14 bits per heavy atom. The van der Waals surface area contributed by atoms with E-state index in [1.807, 2.05) is 18.2 Å². The number of thiol groups is 1. The molecule has 2 aromatic rings. The Morgan fingerprint density at radius 3 is 2.57 bits per heavy atom. The highest BCUT2D eigenvalue weighted by Crippen LogP contribution is 2.39. The lowest BCUT2D eigenvalue weighted by Crippen LogP contribution is -1.82. The van der Waals surface area contributed by atoms with Crippen molar-refractivity contribution >= 4 is 34.1 Å². The van der Waals surface area contributed by atoms with Crippen LogP contribution in [0.1, 0.15) is 0 Å². The molecule has 4 heteroatoms. The van der Waals surface area contributed by atoms with Gasteiger partial charge in [0, 0.05) is 10.3 Å². The zero-order chi connectivity index (χ0) is 10.1. The molecule has 74 valence electrons. The summed E-state index contributed by atoms with van der Waals surface area (Å²) in [5, 5.41) is 1.99. The summed E-state index contributed by atoms with van der Waals surface area (Å²) >= 11 is 5.88. The molecule has 0 bridgehead atoms. The van der Waals surface area contributed by atoms with Crippen molar-refractivity contribution in [3.63, 3.8) is 0 Å². The third-order valence-electron chi connectivity index (χ3n) is 1.97. The molecule has 0 aliphatic heterocycles. The molecule has 0 amide bonds. The Hall–Kier alpha value is -0.870. The molecule has 2 rings (SSSR count). The first-order valence-electron chi connectivity index (χ1n) is 4.09. The monoisotopic (exact) mass is 226 g/mol. The van der Waals surface area contributed by atoms with E-state index in [0.29, 0.717) is 0 Å². The number of benzene rings is 1. The third kappa shape index (κ3) is 1.55. The molecule has 14 heavy (non-hydrogen) atoms. The number of fused-ring (bicyclic) bond motifs is 1. The molecule has 1 heterocycles. The first-order valence-corrected chi connectivity index (χ1v) is 5.35. The Bertz CT molecular complexity index is 462. The molecule has 1 aromatic carbocycles. The maximum Gasteiger partial charge on any atom is 0.174 e.